The lowest BCUT2D eigenvalue weighted by molar-refractivity contribution is -0.118. The highest BCUT2D eigenvalue weighted by molar-refractivity contribution is 8.00. The van der Waals surface area contributed by atoms with Crippen molar-refractivity contribution in [3.05, 3.63) is 65.0 Å². The van der Waals surface area contributed by atoms with Crippen LogP contribution in [0.2, 0.25) is 5.02 Å². The van der Waals surface area contributed by atoms with Gasteiger partial charge in [0.25, 0.3) is 0 Å². The highest BCUT2D eigenvalue weighted by Crippen LogP contribution is 2.21. The van der Waals surface area contributed by atoms with Crippen LogP contribution in [0.5, 0.6) is 0 Å². The minimum Gasteiger partial charge on any atom is -0.346 e. The molecule has 3 rings (SSSR count). The number of amides is 1. The maximum atomic E-state index is 13.1. The van der Waals surface area contributed by atoms with Gasteiger partial charge in [0.1, 0.15) is 0 Å². The zero-order valence-electron chi connectivity index (χ0n) is 13.2. The zero-order chi connectivity index (χ0) is 18.5. The smallest absolute Gasteiger partial charge is 0.246 e. The van der Waals surface area contributed by atoms with Gasteiger partial charge in [0.2, 0.25) is 17.6 Å². The number of hydrogen-bond acceptors (Lipinski definition) is 5. The summed E-state index contributed by atoms with van der Waals surface area (Å²) in [5.41, 5.74) is 0.702. The Kier molecular flexibility index (Phi) is 5.85. The predicted molar refractivity (Wildman–Crippen MR) is 93.7 cm³/mol. The first-order chi connectivity index (χ1) is 12.5. The molecule has 0 fully saturated rings. The van der Waals surface area contributed by atoms with Crippen LogP contribution in [0.3, 0.4) is 0 Å². The summed E-state index contributed by atoms with van der Waals surface area (Å²) in [6.45, 7) is 0.0603. The molecule has 3 aromatic rings. The summed E-state index contributed by atoms with van der Waals surface area (Å²) in [7, 11) is 0. The summed E-state index contributed by atoms with van der Waals surface area (Å²) in [6, 6.07) is 10.5. The molecule has 0 spiro atoms. The fourth-order valence-corrected chi connectivity index (χ4v) is 2.95. The van der Waals surface area contributed by atoms with E-state index in [1.54, 1.807) is 24.3 Å². The second kappa shape index (κ2) is 8.29. The molecule has 1 heterocycles. The van der Waals surface area contributed by atoms with Gasteiger partial charge in [-0.3, -0.25) is 4.79 Å². The number of nitrogens with one attached hydrogen (secondary N) is 1. The van der Waals surface area contributed by atoms with Crippen LogP contribution in [0.4, 0.5) is 8.78 Å². The molecule has 1 N–H and O–H groups in total. The van der Waals surface area contributed by atoms with Crippen LogP contribution in [-0.4, -0.2) is 21.8 Å². The molecule has 5 nitrogen and oxygen atoms in total. The second-order valence-corrected chi connectivity index (χ2v) is 6.65. The Bertz CT molecular complexity index is 936. The highest BCUT2D eigenvalue weighted by atomic mass is 35.5. The zero-order valence-corrected chi connectivity index (χ0v) is 14.8. The van der Waals surface area contributed by atoms with E-state index in [2.05, 4.69) is 15.5 Å². The maximum absolute atomic E-state index is 13.1. The number of rotatable bonds is 6. The van der Waals surface area contributed by atoms with Crippen molar-refractivity contribution in [3.8, 4) is 11.4 Å². The van der Waals surface area contributed by atoms with Gasteiger partial charge in [-0.15, -0.1) is 11.8 Å². The van der Waals surface area contributed by atoms with Crippen LogP contribution in [0.15, 0.2) is 51.9 Å². The van der Waals surface area contributed by atoms with Crippen molar-refractivity contribution < 1.29 is 18.1 Å². The van der Waals surface area contributed by atoms with E-state index in [0.29, 0.717) is 21.3 Å². The summed E-state index contributed by atoms with van der Waals surface area (Å²) in [4.78, 5) is 16.5. The monoisotopic (exact) mass is 395 g/mol. The lowest BCUT2D eigenvalue weighted by Gasteiger charge is -2.03. The van der Waals surface area contributed by atoms with Gasteiger partial charge in [-0.25, -0.2) is 8.78 Å². The SMILES string of the molecule is O=C(CSc1ccc(F)c(F)c1)NCc1nc(-c2cccc(Cl)c2)no1. The molecule has 1 aromatic heterocycles. The van der Waals surface area contributed by atoms with Gasteiger partial charge in [0, 0.05) is 15.5 Å². The van der Waals surface area contributed by atoms with E-state index in [4.69, 9.17) is 16.1 Å². The van der Waals surface area contributed by atoms with E-state index >= 15 is 0 Å². The van der Waals surface area contributed by atoms with E-state index in [1.165, 1.54) is 6.07 Å². The summed E-state index contributed by atoms with van der Waals surface area (Å²) in [6.07, 6.45) is 0. The van der Waals surface area contributed by atoms with Gasteiger partial charge in [0.05, 0.1) is 12.3 Å². The van der Waals surface area contributed by atoms with Gasteiger partial charge in [-0.05, 0) is 30.3 Å². The molecule has 0 saturated heterocycles. The molecule has 134 valence electrons. The molecule has 0 aliphatic heterocycles. The molecule has 9 heteroatoms. The minimum atomic E-state index is -0.949. The molecule has 0 saturated carbocycles. The molecule has 26 heavy (non-hydrogen) atoms. The molecule has 0 aliphatic rings. The average molecular weight is 396 g/mol. The lowest BCUT2D eigenvalue weighted by atomic mass is 10.2. The van der Waals surface area contributed by atoms with Crippen molar-refractivity contribution in [2.75, 3.05) is 5.75 Å². The van der Waals surface area contributed by atoms with Crippen molar-refractivity contribution in [3.63, 3.8) is 0 Å². The van der Waals surface area contributed by atoms with Crippen molar-refractivity contribution in [2.45, 2.75) is 11.4 Å². The quantitative estimate of drug-likeness (QED) is 0.637. The third kappa shape index (κ3) is 4.80. The second-order valence-electron chi connectivity index (χ2n) is 5.16. The number of benzene rings is 2. The Hall–Kier alpha value is -2.45. The number of halogens is 3. The molecule has 0 aliphatic carbocycles. The van der Waals surface area contributed by atoms with Crippen LogP contribution in [0.1, 0.15) is 5.89 Å². The molecule has 0 atom stereocenters. The topological polar surface area (TPSA) is 68.0 Å². The highest BCUT2D eigenvalue weighted by Gasteiger charge is 2.11. The van der Waals surface area contributed by atoms with E-state index in [0.717, 1.165) is 23.9 Å². The number of carbonyl (C=O) groups is 1. The fourth-order valence-electron chi connectivity index (χ4n) is 2.01. The van der Waals surface area contributed by atoms with Crippen LogP contribution in [0, 0.1) is 11.6 Å². The first-order valence-electron chi connectivity index (χ1n) is 7.44. The molecular formula is C17H12ClF2N3O2S. The maximum Gasteiger partial charge on any atom is 0.246 e. The molecule has 2 aromatic carbocycles. The normalized spacial score (nSPS) is 10.7. The fraction of sp³-hybridized carbons (Fsp3) is 0.118. The number of nitrogens with zero attached hydrogens (tertiary/aromatic N) is 2. The predicted octanol–water partition coefficient (Wildman–Crippen LogP) is 4.08. The van der Waals surface area contributed by atoms with E-state index in [1.807, 2.05) is 0 Å². The average Bonchev–Trinajstić information content (AvgIpc) is 3.10. The third-order valence-corrected chi connectivity index (χ3v) is 4.48. The standard InChI is InChI=1S/C17H12ClF2N3O2S/c18-11-3-1-2-10(6-11)17-22-16(25-23-17)8-21-15(24)9-26-12-4-5-13(19)14(20)7-12/h1-7H,8-9H2,(H,21,24). The number of hydrogen-bond donors (Lipinski definition) is 1. The first-order valence-corrected chi connectivity index (χ1v) is 8.81. The minimum absolute atomic E-state index is 0.0420. The Morgan fingerprint density at radius 2 is 2.04 bits per heavy atom. The molecule has 0 bridgehead atoms. The van der Waals surface area contributed by atoms with E-state index in [-0.39, 0.29) is 24.1 Å². The molecule has 1 amide bonds. The molecular weight excluding hydrogens is 384 g/mol. The van der Waals surface area contributed by atoms with Gasteiger partial charge in [-0.2, -0.15) is 4.98 Å². The van der Waals surface area contributed by atoms with E-state index in [9.17, 15) is 13.6 Å². The summed E-state index contributed by atoms with van der Waals surface area (Å²) >= 11 is 7.01. The first kappa shape index (κ1) is 18.3. The van der Waals surface area contributed by atoms with Crippen molar-refractivity contribution in [1.29, 1.82) is 0 Å². The van der Waals surface area contributed by atoms with Crippen molar-refractivity contribution in [1.82, 2.24) is 15.5 Å². The number of thioether (sulfide) groups is 1. The van der Waals surface area contributed by atoms with Gasteiger partial charge in [0.15, 0.2) is 11.6 Å². The van der Waals surface area contributed by atoms with Crippen molar-refractivity contribution in [2.24, 2.45) is 0 Å². The van der Waals surface area contributed by atoms with Crippen LogP contribution in [-0.2, 0) is 11.3 Å². The van der Waals surface area contributed by atoms with Crippen molar-refractivity contribution >= 4 is 29.3 Å². The van der Waals surface area contributed by atoms with Gasteiger partial charge < -0.3 is 9.84 Å². The van der Waals surface area contributed by atoms with E-state index < -0.39 is 11.6 Å². The lowest BCUT2D eigenvalue weighted by Crippen LogP contribution is -2.24. The Morgan fingerprint density at radius 3 is 2.81 bits per heavy atom. The Balaban J connectivity index is 1.51. The van der Waals surface area contributed by atoms with Gasteiger partial charge in [-0.1, -0.05) is 28.9 Å². The largest absolute Gasteiger partial charge is 0.346 e. The van der Waals surface area contributed by atoms with Gasteiger partial charge >= 0.3 is 0 Å². The van der Waals surface area contributed by atoms with Crippen LogP contribution >= 0.6 is 23.4 Å². The Labute approximate surface area is 156 Å². The van der Waals surface area contributed by atoms with Crippen LogP contribution < -0.4 is 5.32 Å². The summed E-state index contributed by atoms with van der Waals surface area (Å²) in [5, 5.41) is 7.01. The Morgan fingerprint density at radius 1 is 1.19 bits per heavy atom. The number of carbonyl (C=O) groups excluding carboxylic acids is 1. The summed E-state index contributed by atoms with van der Waals surface area (Å²) in [5.74, 6) is -1.53. The summed E-state index contributed by atoms with van der Waals surface area (Å²) < 4.78 is 31.1. The molecule has 0 radical (unpaired) electrons. The molecule has 0 unspecified atom stereocenters. The third-order valence-electron chi connectivity index (χ3n) is 3.25. The van der Waals surface area contributed by atoms with Crippen LogP contribution in [0.25, 0.3) is 11.4 Å². The number of aromatic nitrogens is 2.